The van der Waals surface area contributed by atoms with E-state index in [2.05, 4.69) is 5.32 Å². The highest BCUT2D eigenvalue weighted by Crippen LogP contribution is 2.31. The van der Waals surface area contributed by atoms with E-state index in [0.29, 0.717) is 21.2 Å². The highest BCUT2D eigenvalue weighted by Gasteiger charge is 2.19. The predicted molar refractivity (Wildman–Crippen MR) is 91.6 cm³/mol. The Morgan fingerprint density at radius 3 is 2.86 bits per heavy atom. The smallest absolute Gasteiger partial charge is 0.265 e. The summed E-state index contributed by atoms with van der Waals surface area (Å²) in [7, 11) is 0. The van der Waals surface area contributed by atoms with E-state index in [0.717, 1.165) is 12.8 Å². The lowest BCUT2D eigenvalue weighted by molar-refractivity contribution is 0.103. The van der Waals surface area contributed by atoms with Gasteiger partial charge in [-0.1, -0.05) is 23.8 Å². The van der Waals surface area contributed by atoms with E-state index in [1.807, 2.05) is 6.07 Å². The number of rotatable bonds is 3. The number of benzene rings is 1. The second-order valence-electron chi connectivity index (χ2n) is 4.92. The van der Waals surface area contributed by atoms with E-state index >= 15 is 0 Å². The van der Waals surface area contributed by atoms with Crippen molar-refractivity contribution in [3.63, 3.8) is 0 Å². The zero-order chi connectivity index (χ0) is 15.0. The molecule has 1 aromatic heterocycles. The average Bonchev–Trinajstić information content (AvgIpc) is 2.98. The number of amides is 1. The Labute approximate surface area is 137 Å². The Morgan fingerprint density at radius 2 is 2.14 bits per heavy atom. The average molecular weight is 337 g/mol. The summed E-state index contributed by atoms with van der Waals surface area (Å²) >= 11 is 12.5. The van der Waals surface area contributed by atoms with Gasteiger partial charge in [-0.2, -0.15) is 0 Å². The molecule has 2 aromatic rings. The minimum Gasteiger partial charge on any atom is -0.389 e. The fourth-order valence-corrected chi connectivity index (χ4v) is 3.96. The van der Waals surface area contributed by atoms with Crippen molar-refractivity contribution in [2.45, 2.75) is 19.3 Å². The molecule has 0 aliphatic heterocycles. The van der Waals surface area contributed by atoms with Crippen molar-refractivity contribution in [2.24, 2.45) is 5.73 Å². The van der Waals surface area contributed by atoms with Gasteiger partial charge in [-0.15, -0.1) is 11.3 Å². The molecule has 6 heteroatoms. The van der Waals surface area contributed by atoms with Crippen LogP contribution in [0.2, 0.25) is 5.02 Å². The van der Waals surface area contributed by atoms with Gasteiger partial charge in [0, 0.05) is 15.5 Å². The second-order valence-corrected chi connectivity index (χ2v) is 6.93. The molecule has 0 spiro atoms. The predicted octanol–water partition coefficient (Wildman–Crippen LogP) is 3.78. The lowest BCUT2D eigenvalue weighted by Gasteiger charge is -2.10. The van der Waals surface area contributed by atoms with Crippen LogP contribution in [-0.4, -0.2) is 10.9 Å². The van der Waals surface area contributed by atoms with Crippen molar-refractivity contribution < 1.29 is 4.79 Å². The first-order chi connectivity index (χ1) is 10.0. The minimum atomic E-state index is -0.144. The molecular weight excluding hydrogens is 324 g/mol. The molecule has 0 unspecified atom stereocenters. The van der Waals surface area contributed by atoms with Gasteiger partial charge in [0.1, 0.15) is 4.99 Å². The molecule has 1 aliphatic rings. The Hall–Kier alpha value is -1.43. The maximum atomic E-state index is 12.4. The van der Waals surface area contributed by atoms with Crippen molar-refractivity contribution in [1.29, 1.82) is 0 Å². The van der Waals surface area contributed by atoms with E-state index in [1.54, 1.807) is 29.5 Å². The van der Waals surface area contributed by atoms with Crippen LogP contribution in [0, 0.1) is 0 Å². The highest BCUT2D eigenvalue weighted by molar-refractivity contribution is 7.80. The number of anilines is 1. The maximum Gasteiger partial charge on any atom is 0.265 e. The first-order valence-electron chi connectivity index (χ1n) is 6.57. The number of hydrogen-bond donors (Lipinski definition) is 2. The Morgan fingerprint density at radius 1 is 1.33 bits per heavy atom. The monoisotopic (exact) mass is 336 g/mol. The molecule has 0 bridgehead atoms. The fourth-order valence-electron chi connectivity index (χ4n) is 2.46. The molecule has 0 radical (unpaired) electrons. The largest absolute Gasteiger partial charge is 0.389 e. The number of nitrogens with two attached hydrogens (primary N) is 1. The molecule has 3 nitrogen and oxygen atoms in total. The van der Waals surface area contributed by atoms with Gasteiger partial charge in [0.2, 0.25) is 0 Å². The van der Waals surface area contributed by atoms with Gasteiger partial charge in [-0.25, -0.2) is 0 Å². The number of halogens is 1. The number of thiophene rings is 1. The molecule has 0 saturated carbocycles. The molecule has 1 heterocycles. The molecule has 0 fully saturated rings. The third-order valence-corrected chi connectivity index (χ3v) is 5.16. The normalized spacial score (nSPS) is 13.0. The van der Waals surface area contributed by atoms with E-state index in [4.69, 9.17) is 29.6 Å². The van der Waals surface area contributed by atoms with Gasteiger partial charge in [0.25, 0.3) is 5.91 Å². The van der Waals surface area contributed by atoms with E-state index in [1.165, 1.54) is 16.9 Å². The third-order valence-electron chi connectivity index (χ3n) is 3.47. The van der Waals surface area contributed by atoms with Gasteiger partial charge in [-0.05, 0) is 49.1 Å². The van der Waals surface area contributed by atoms with E-state index in [9.17, 15) is 4.79 Å². The number of carbonyl (C=O) groups is 1. The van der Waals surface area contributed by atoms with Gasteiger partial charge >= 0.3 is 0 Å². The summed E-state index contributed by atoms with van der Waals surface area (Å²) in [5.74, 6) is -0.144. The van der Waals surface area contributed by atoms with Crippen LogP contribution < -0.4 is 11.1 Å². The topological polar surface area (TPSA) is 55.1 Å². The van der Waals surface area contributed by atoms with Crippen molar-refractivity contribution >= 4 is 51.7 Å². The quantitative estimate of drug-likeness (QED) is 0.839. The molecule has 0 atom stereocenters. The summed E-state index contributed by atoms with van der Waals surface area (Å²) in [5.41, 5.74) is 8.14. The van der Waals surface area contributed by atoms with Crippen LogP contribution in [0.15, 0.2) is 24.3 Å². The number of thiocarbonyl (C=S) groups is 1. The zero-order valence-electron chi connectivity index (χ0n) is 11.1. The van der Waals surface area contributed by atoms with Gasteiger partial charge in [-0.3, -0.25) is 4.79 Å². The minimum absolute atomic E-state index is 0.144. The molecule has 1 amide bonds. The van der Waals surface area contributed by atoms with Crippen molar-refractivity contribution in [1.82, 2.24) is 0 Å². The van der Waals surface area contributed by atoms with Crippen LogP contribution in [0.25, 0.3) is 0 Å². The van der Waals surface area contributed by atoms with Gasteiger partial charge < -0.3 is 11.1 Å². The fraction of sp³-hybridized carbons (Fsp3) is 0.200. The Kier molecular flexibility index (Phi) is 3.97. The van der Waals surface area contributed by atoms with Crippen LogP contribution in [0.4, 0.5) is 5.69 Å². The van der Waals surface area contributed by atoms with Crippen LogP contribution in [-0.2, 0) is 12.8 Å². The maximum absolute atomic E-state index is 12.4. The molecule has 0 saturated heterocycles. The number of nitrogens with one attached hydrogen (secondary N) is 1. The number of carbonyl (C=O) groups excluding carboxylic acids is 1. The van der Waals surface area contributed by atoms with Gasteiger partial charge in [0.05, 0.1) is 10.6 Å². The highest BCUT2D eigenvalue weighted by atomic mass is 35.5. The molecule has 1 aromatic carbocycles. The molecule has 3 rings (SSSR count). The molecule has 3 N–H and O–H groups in total. The molecule has 108 valence electrons. The summed E-state index contributed by atoms with van der Waals surface area (Å²) in [4.78, 5) is 14.6. The SMILES string of the molecule is NC(=S)c1ccc(Cl)cc1NC(=O)c1cc2c(s1)CCC2. The third kappa shape index (κ3) is 2.95. The van der Waals surface area contributed by atoms with Crippen LogP contribution >= 0.6 is 35.2 Å². The van der Waals surface area contributed by atoms with Gasteiger partial charge in [0.15, 0.2) is 0 Å². The van der Waals surface area contributed by atoms with E-state index < -0.39 is 0 Å². The number of fused-ring (bicyclic) bond motifs is 1. The lowest BCUT2D eigenvalue weighted by Crippen LogP contribution is -2.17. The van der Waals surface area contributed by atoms with Crippen LogP contribution in [0.3, 0.4) is 0 Å². The molecule has 21 heavy (non-hydrogen) atoms. The van der Waals surface area contributed by atoms with E-state index in [-0.39, 0.29) is 10.9 Å². The standard InChI is InChI=1S/C15H13ClN2OS2/c16-9-4-5-10(14(17)20)11(7-9)18-15(19)13-6-8-2-1-3-12(8)21-13/h4-7H,1-3H2,(H2,17,20)(H,18,19). The summed E-state index contributed by atoms with van der Waals surface area (Å²) < 4.78 is 0. The Balaban J connectivity index is 1.87. The summed E-state index contributed by atoms with van der Waals surface area (Å²) in [5, 5.41) is 3.38. The number of aryl methyl sites for hydroxylation is 2. The van der Waals surface area contributed by atoms with Crippen molar-refractivity contribution in [2.75, 3.05) is 5.32 Å². The molecular formula is C15H13ClN2OS2. The lowest BCUT2D eigenvalue weighted by atomic mass is 10.1. The summed E-state index contributed by atoms with van der Waals surface area (Å²) in [6.45, 7) is 0. The first-order valence-corrected chi connectivity index (χ1v) is 8.17. The number of hydrogen-bond acceptors (Lipinski definition) is 3. The first kappa shape index (κ1) is 14.5. The summed E-state index contributed by atoms with van der Waals surface area (Å²) in [6, 6.07) is 7.06. The zero-order valence-corrected chi connectivity index (χ0v) is 13.5. The Bertz CT molecular complexity index is 718. The van der Waals surface area contributed by atoms with Crippen molar-refractivity contribution in [3.05, 3.63) is 50.2 Å². The van der Waals surface area contributed by atoms with Crippen LogP contribution in [0.5, 0.6) is 0 Å². The summed E-state index contributed by atoms with van der Waals surface area (Å²) in [6.07, 6.45) is 3.32. The van der Waals surface area contributed by atoms with Crippen molar-refractivity contribution in [3.8, 4) is 0 Å². The van der Waals surface area contributed by atoms with Crippen LogP contribution in [0.1, 0.15) is 32.1 Å². The molecule has 1 aliphatic carbocycles. The second kappa shape index (κ2) is 5.75.